The summed E-state index contributed by atoms with van der Waals surface area (Å²) in [5.74, 6) is -1.96. The number of nitro groups is 1. The van der Waals surface area contributed by atoms with Gasteiger partial charge in [0.2, 0.25) is 0 Å². The molecule has 0 radical (unpaired) electrons. The number of nitro benzene ring substituents is 1. The normalized spacial score (nSPS) is 11.7. The summed E-state index contributed by atoms with van der Waals surface area (Å²) in [6.45, 7) is -0.202. The van der Waals surface area contributed by atoms with Crippen molar-refractivity contribution >= 4 is 40.2 Å². The second kappa shape index (κ2) is 7.14. The number of halogens is 1. The third-order valence-corrected chi connectivity index (χ3v) is 3.28. The van der Waals surface area contributed by atoms with Crippen LogP contribution in [0.15, 0.2) is 18.2 Å². The smallest absolute Gasteiger partial charge is 0.328 e. The maximum Gasteiger partial charge on any atom is 0.328 e. The van der Waals surface area contributed by atoms with Crippen molar-refractivity contribution in [2.45, 2.75) is 6.04 Å². The molecule has 0 aromatic heterocycles. The summed E-state index contributed by atoms with van der Waals surface area (Å²) in [7, 11) is 1.30. The Kier molecular flexibility index (Phi) is 5.82. The van der Waals surface area contributed by atoms with E-state index in [0.29, 0.717) is 3.57 Å². The molecule has 8 nitrogen and oxygen atoms in total. The van der Waals surface area contributed by atoms with Crippen molar-refractivity contribution in [2.24, 2.45) is 0 Å². The minimum Gasteiger partial charge on any atom is -0.480 e. The van der Waals surface area contributed by atoms with Crippen LogP contribution in [0.1, 0.15) is 10.4 Å². The van der Waals surface area contributed by atoms with Crippen LogP contribution in [0.3, 0.4) is 0 Å². The number of carbonyl (C=O) groups excluding carboxylic acids is 1. The molecule has 0 aliphatic rings. The number of methoxy groups -OCH3 is 1. The van der Waals surface area contributed by atoms with Gasteiger partial charge in [-0.15, -0.1) is 0 Å². The maximum atomic E-state index is 12.0. The van der Waals surface area contributed by atoms with Crippen LogP contribution in [0.2, 0.25) is 0 Å². The Balaban J connectivity index is 2.99. The number of hydrogen-bond acceptors (Lipinski definition) is 5. The molecule has 1 aromatic carbocycles. The molecule has 0 saturated heterocycles. The molecule has 1 unspecified atom stereocenters. The molecular formula is C11H11IN2O6. The first-order chi connectivity index (χ1) is 9.36. The minimum absolute atomic E-state index is 0.0437. The molecule has 0 saturated carbocycles. The van der Waals surface area contributed by atoms with E-state index in [4.69, 9.17) is 5.11 Å². The van der Waals surface area contributed by atoms with Gasteiger partial charge in [-0.05, 0) is 28.7 Å². The van der Waals surface area contributed by atoms with E-state index < -0.39 is 22.8 Å². The number of carbonyl (C=O) groups is 2. The van der Waals surface area contributed by atoms with Crippen molar-refractivity contribution in [1.82, 2.24) is 5.32 Å². The van der Waals surface area contributed by atoms with Crippen LogP contribution in [0.25, 0.3) is 0 Å². The highest BCUT2D eigenvalue weighted by Gasteiger charge is 2.23. The molecule has 0 bridgehead atoms. The van der Waals surface area contributed by atoms with Gasteiger partial charge in [-0.25, -0.2) is 4.79 Å². The van der Waals surface area contributed by atoms with E-state index in [1.807, 2.05) is 22.6 Å². The second-order valence-electron chi connectivity index (χ2n) is 3.74. The number of carboxylic acids is 1. The first-order valence-corrected chi connectivity index (χ1v) is 6.41. The zero-order valence-corrected chi connectivity index (χ0v) is 12.5. The van der Waals surface area contributed by atoms with Gasteiger partial charge < -0.3 is 15.2 Å². The molecule has 1 aromatic rings. The summed E-state index contributed by atoms with van der Waals surface area (Å²) in [5, 5.41) is 21.8. The fourth-order valence-electron chi connectivity index (χ4n) is 1.38. The van der Waals surface area contributed by atoms with E-state index >= 15 is 0 Å². The van der Waals surface area contributed by atoms with Gasteiger partial charge in [0.1, 0.15) is 0 Å². The SMILES string of the molecule is COCC(NC(=O)c1cc([N+](=O)[O-])ccc1I)C(=O)O. The summed E-state index contributed by atoms with van der Waals surface area (Å²) in [6, 6.07) is 2.56. The Morgan fingerprint density at radius 2 is 2.20 bits per heavy atom. The Hall–Kier alpha value is -1.75. The lowest BCUT2D eigenvalue weighted by Gasteiger charge is -2.14. The highest BCUT2D eigenvalue weighted by atomic mass is 127. The zero-order chi connectivity index (χ0) is 15.3. The molecule has 20 heavy (non-hydrogen) atoms. The maximum absolute atomic E-state index is 12.0. The zero-order valence-electron chi connectivity index (χ0n) is 10.3. The van der Waals surface area contributed by atoms with E-state index in [1.54, 1.807) is 0 Å². The van der Waals surface area contributed by atoms with Crippen molar-refractivity contribution in [3.63, 3.8) is 0 Å². The van der Waals surface area contributed by atoms with Crippen LogP contribution < -0.4 is 5.32 Å². The molecule has 0 spiro atoms. The number of carboxylic acid groups (broad SMARTS) is 1. The number of nitrogens with zero attached hydrogens (tertiary/aromatic N) is 1. The van der Waals surface area contributed by atoms with Crippen molar-refractivity contribution < 1.29 is 24.4 Å². The molecule has 9 heteroatoms. The Morgan fingerprint density at radius 1 is 1.55 bits per heavy atom. The highest BCUT2D eigenvalue weighted by molar-refractivity contribution is 14.1. The number of non-ortho nitro benzene ring substituents is 1. The number of nitrogens with one attached hydrogen (secondary N) is 1. The average molecular weight is 394 g/mol. The number of benzene rings is 1. The summed E-state index contributed by atoms with van der Waals surface area (Å²) < 4.78 is 5.17. The lowest BCUT2D eigenvalue weighted by atomic mass is 10.1. The fraction of sp³-hybridized carbons (Fsp3) is 0.273. The minimum atomic E-state index is -1.25. The number of rotatable bonds is 6. The van der Waals surface area contributed by atoms with Crippen molar-refractivity contribution in [3.05, 3.63) is 37.4 Å². The van der Waals surface area contributed by atoms with Gasteiger partial charge in [0.05, 0.1) is 17.1 Å². The number of amides is 1. The van der Waals surface area contributed by atoms with Gasteiger partial charge in [0.15, 0.2) is 6.04 Å². The van der Waals surface area contributed by atoms with Gasteiger partial charge >= 0.3 is 5.97 Å². The Bertz CT molecular complexity index is 548. The number of ether oxygens (including phenoxy) is 1. The predicted molar refractivity (Wildman–Crippen MR) is 76.6 cm³/mol. The fourth-order valence-corrected chi connectivity index (χ4v) is 1.96. The molecule has 108 valence electrons. The van der Waals surface area contributed by atoms with Crippen LogP contribution in [-0.4, -0.2) is 41.7 Å². The van der Waals surface area contributed by atoms with E-state index in [1.165, 1.54) is 19.2 Å². The first-order valence-electron chi connectivity index (χ1n) is 5.33. The quantitative estimate of drug-likeness (QED) is 0.423. The molecule has 1 atom stereocenters. The van der Waals surface area contributed by atoms with E-state index in [9.17, 15) is 19.7 Å². The number of hydrogen-bond donors (Lipinski definition) is 2. The molecular weight excluding hydrogens is 383 g/mol. The van der Waals surface area contributed by atoms with Gasteiger partial charge in [-0.1, -0.05) is 0 Å². The monoisotopic (exact) mass is 394 g/mol. The first kappa shape index (κ1) is 16.3. The standard InChI is InChI=1S/C11H11IN2O6/c1-20-5-9(11(16)17)13-10(15)7-4-6(14(18)19)2-3-8(7)12/h2-4,9H,5H2,1H3,(H,13,15)(H,16,17). The van der Waals surface area contributed by atoms with Crippen LogP contribution in [-0.2, 0) is 9.53 Å². The van der Waals surface area contributed by atoms with Gasteiger partial charge in [0, 0.05) is 22.8 Å². The Labute approximate surface area is 127 Å². The third-order valence-electron chi connectivity index (χ3n) is 2.34. The summed E-state index contributed by atoms with van der Waals surface area (Å²) >= 11 is 1.84. The van der Waals surface area contributed by atoms with Crippen LogP contribution in [0.4, 0.5) is 5.69 Å². The van der Waals surface area contributed by atoms with Crippen molar-refractivity contribution in [1.29, 1.82) is 0 Å². The largest absolute Gasteiger partial charge is 0.480 e. The Morgan fingerprint density at radius 3 is 2.70 bits per heavy atom. The molecule has 0 aliphatic heterocycles. The van der Waals surface area contributed by atoms with Crippen LogP contribution >= 0.6 is 22.6 Å². The molecule has 1 amide bonds. The summed E-state index contributed by atoms with van der Waals surface area (Å²) in [5.41, 5.74) is -0.198. The van der Waals surface area contributed by atoms with Gasteiger partial charge in [-0.3, -0.25) is 14.9 Å². The van der Waals surface area contributed by atoms with E-state index in [2.05, 4.69) is 10.1 Å². The summed E-state index contributed by atoms with van der Waals surface area (Å²) in [6.07, 6.45) is 0. The van der Waals surface area contributed by atoms with Gasteiger partial charge in [-0.2, -0.15) is 0 Å². The predicted octanol–water partition coefficient (Wildman–Crippen LogP) is 1.03. The van der Waals surface area contributed by atoms with Crippen LogP contribution in [0, 0.1) is 13.7 Å². The topological polar surface area (TPSA) is 119 Å². The lowest BCUT2D eigenvalue weighted by molar-refractivity contribution is -0.384. The van der Waals surface area contributed by atoms with E-state index in [0.717, 1.165) is 6.07 Å². The number of aliphatic carboxylic acids is 1. The highest BCUT2D eigenvalue weighted by Crippen LogP contribution is 2.19. The van der Waals surface area contributed by atoms with Gasteiger partial charge in [0.25, 0.3) is 11.6 Å². The van der Waals surface area contributed by atoms with Crippen molar-refractivity contribution in [3.8, 4) is 0 Å². The molecule has 0 fully saturated rings. The molecule has 0 aliphatic carbocycles. The second-order valence-corrected chi connectivity index (χ2v) is 4.90. The van der Waals surface area contributed by atoms with Crippen LogP contribution in [0.5, 0.6) is 0 Å². The molecule has 2 N–H and O–H groups in total. The molecule has 0 heterocycles. The lowest BCUT2D eigenvalue weighted by Crippen LogP contribution is -2.44. The summed E-state index contributed by atoms with van der Waals surface area (Å²) in [4.78, 5) is 32.9. The van der Waals surface area contributed by atoms with E-state index in [-0.39, 0.29) is 17.9 Å². The average Bonchev–Trinajstić information content (AvgIpc) is 2.38. The molecule has 1 rings (SSSR count). The third kappa shape index (κ3) is 4.13. The van der Waals surface area contributed by atoms with Crippen molar-refractivity contribution in [2.75, 3.05) is 13.7 Å².